The molecule has 15 heavy (non-hydrogen) atoms. The molecule has 0 radical (unpaired) electrons. The van der Waals surface area contributed by atoms with Gasteiger partial charge < -0.3 is 9.47 Å². The van der Waals surface area contributed by atoms with Crippen molar-refractivity contribution in [2.75, 3.05) is 14.2 Å². The van der Waals surface area contributed by atoms with Crippen LogP contribution in [0, 0.1) is 17.3 Å². The van der Waals surface area contributed by atoms with Gasteiger partial charge in [0.1, 0.15) is 0 Å². The number of methoxy groups -OCH3 is 2. The van der Waals surface area contributed by atoms with E-state index in [-0.39, 0.29) is 5.92 Å². The van der Waals surface area contributed by atoms with E-state index in [9.17, 15) is 9.59 Å². The van der Waals surface area contributed by atoms with E-state index in [1.165, 1.54) is 14.2 Å². The molecule has 0 aromatic rings. The van der Waals surface area contributed by atoms with E-state index in [1.807, 2.05) is 0 Å². The van der Waals surface area contributed by atoms with Gasteiger partial charge in [0, 0.05) is 0 Å². The van der Waals surface area contributed by atoms with Crippen LogP contribution < -0.4 is 0 Å². The number of esters is 2. The number of carbonyl (C=O) groups excluding carboxylic acids is 2. The molecule has 2 fully saturated rings. The molecule has 4 nitrogen and oxygen atoms in total. The summed E-state index contributed by atoms with van der Waals surface area (Å²) in [6.07, 6.45) is 3.64. The summed E-state index contributed by atoms with van der Waals surface area (Å²) < 4.78 is 9.55. The predicted octanol–water partition coefficient (Wildman–Crippen LogP) is 1.14. The summed E-state index contributed by atoms with van der Waals surface area (Å²) in [5.74, 6) is -0.210. The number of hydrogen-bond acceptors (Lipinski definition) is 4. The minimum absolute atomic E-state index is 0.127. The average Bonchev–Trinajstić information content (AvgIpc) is 2.86. The van der Waals surface area contributed by atoms with Crippen LogP contribution in [0.3, 0.4) is 0 Å². The average molecular weight is 212 g/mol. The second kappa shape index (κ2) is 3.51. The fraction of sp³-hybridized carbons (Fsp3) is 0.818. The minimum Gasteiger partial charge on any atom is -0.468 e. The summed E-state index contributed by atoms with van der Waals surface area (Å²) >= 11 is 0. The molecule has 0 aromatic heterocycles. The maximum Gasteiger partial charge on any atom is 0.323 e. The smallest absolute Gasteiger partial charge is 0.323 e. The zero-order valence-corrected chi connectivity index (χ0v) is 9.12. The first kappa shape index (κ1) is 10.5. The van der Waals surface area contributed by atoms with Crippen LogP contribution in [0.2, 0.25) is 0 Å². The van der Waals surface area contributed by atoms with Crippen LogP contribution in [0.4, 0.5) is 0 Å². The third kappa shape index (κ3) is 1.27. The van der Waals surface area contributed by atoms with Crippen molar-refractivity contribution in [3.05, 3.63) is 0 Å². The molecule has 2 atom stereocenters. The van der Waals surface area contributed by atoms with Crippen molar-refractivity contribution < 1.29 is 19.1 Å². The van der Waals surface area contributed by atoms with Gasteiger partial charge in [0.05, 0.1) is 14.2 Å². The Bertz CT molecular complexity index is 281. The number of hydrogen-bond donors (Lipinski definition) is 0. The molecular weight excluding hydrogens is 196 g/mol. The lowest BCUT2D eigenvalue weighted by atomic mass is 9.73. The van der Waals surface area contributed by atoms with Gasteiger partial charge in [-0.2, -0.15) is 0 Å². The molecule has 0 saturated heterocycles. The molecule has 2 unspecified atom stereocenters. The third-order valence-electron chi connectivity index (χ3n) is 3.95. The van der Waals surface area contributed by atoms with Crippen LogP contribution in [0.15, 0.2) is 0 Å². The van der Waals surface area contributed by atoms with Crippen LogP contribution in [-0.4, -0.2) is 26.2 Å². The highest BCUT2D eigenvalue weighted by Gasteiger charge is 2.62. The number of carbonyl (C=O) groups is 2. The molecule has 2 rings (SSSR count). The van der Waals surface area contributed by atoms with Gasteiger partial charge in [0.15, 0.2) is 5.41 Å². The Morgan fingerprint density at radius 3 is 2.07 bits per heavy atom. The van der Waals surface area contributed by atoms with E-state index in [4.69, 9.17) is 9.47 Å². The summed E-state index contributed by atoms with van der Waals surface area (Å²) in [7, 11) is 2.66. The lowest BCUT2D eigenvalue weighted by Gasteiger charge is -2.31. The summed E-state index contributed by atoms with van der Waals surface area (Å²) in [6, 6.07) is 0. The molecule has 4 heteroatoms. The van der Waals surface area contributed by atoms with E-state index in [2.05, 4.69) is 0 Å². The van der Waals surface area contributed by atoms with Gasteiger partial charge >= 0.3 is 11.9 Å². The molecule has 0 aromatic carbocycles. The topological polar surface area (TPSA) is 52.6 Å². The Kier molecular flexibility index (Phi) is 2.44. The van der Waals surface area contributed by atoms with Crippen LogP contribution in [0.1, 0.15) is 25.7 Å². The molecule has 0 spiro atoms. The highest BCUT2D eigenvalue weighted by molar-refractivity contribution is 6.01. The second-order valence-electron chi connectivity index (χ2n) is 4.53. The Labute approximate surface area is 88.9 Å². The lowest BCUT2D eigenvalue weighted by molar-refractivity contribution is -0.173. The molecule has 0 heterocycles. The summed E-state index contributed by atoms with van der Waals surface area (Å²) in [6.45, 7) is 0. The quantitative estimate of drug-likeness (QED) is 0.508. The zero-order chi connectivity index (χ0) is 11.1. The monoisotopic (exact) mass is 212 g/mol. The van der Waals surface area contributed by atoms with Crippen molar-refractivity contribution in [2.24, 2.45) is 17.3 Å². The largest absolute Gasteiger partial charge is 0.468 e. The van der Waals surface area contributed by atoms with Crippen molar-refractivity contribution in [3.63, 3.8) is 0 Å². The number of fused-ring (bicyclic) bond motifs is 2. The minimum atomic E-state index is -0.994. The first-order valence-electron chi connectivity index (χ1n) is 5.32. The van der Waals surface area contributed by atoms with Gasteiger partial charge in [-0.1, -0.05) is 6.42 Å². The van der Waals surface area contributed by atoms with Crippen molar-refractivity contribution >= 4 is 11.9 Å². The summed E-state index contributed by atoms with van der Waals surface area (Å²) in [4.78, 5) is 23.6. The summed E-state index contributed by atoms with van der Waals surface area (Å²) in [5, 5.41) is 0. The lowest BCUT2D eigenvalue weighted by Crippen LogP contribution is -2.45. The molecule has 0 N–H and O–H groups in total. The van der Waals surface area contributed by atoms with Gasteiger partial charge in [-0.25, -0.2) is 0 Å². The van der Waals surface area contributed by atoms with Crippen LogP contribution >= 0.6 is 0 Å². The van der Waals surface area contributed by atoms with Gasteiger partial charge in [-0.3, -0.25) is 9.59 Å². The van der Waals surface area contributed by atoms with Crippen molar-refractivity contribution in [3.8, 4) is 0 Å². The van der Waals surface area contributed by atoms with Gasteiger partial charge in [0.25, 0.3) is 0 Å². The van der Waals surface area contributed by atoms with E-state index in [0.717, 1.165) is 19.3 Å². The third-order valence-corrected chi connectivity index (χ3v) is 3.95. The van der Waals surface area contributed by atoms with E-state index in [0.29, 0.717) is 12.3 Å². The van der Waals surface area contributed by atoms with Gasteiger partial charge in [-0.05, 0) is 31.1 Å². The zero-order valence-electron chi connectivity index (χ0n) is 9.12. The van der Waals surface area contributed by atoms with Crippen LogP contribution in [0.25, 0.3) is 0 Å². The standard InChI is InChI=1S/C11H16O4/c1-14-9(12)11(10(13)15-2)6-7-3-4-8(11)5-7/h7-8H,3-6H2,1-2H3. The molecular formula is C11H16O4. The maximum absolute atomic E-state index is 11.8. The van der Waals surface area contributed by atoms with Crippen LogP contribution in [0.5, 0.6) is 0 Å². The summed E-state index contributed by atoms with van der Waals surface area (Å²) in [5.41, 5.74) is -0.994. The second-order valence-corrected chi connectivity index (χ2v) is 4.53. The van der Waals surface area contributed by atoms with Crippen LogP contribution in [-0.2, 0) is 19.1 Å². The number of ether oxygens (including phenoxy) is 2. The van der Waals surface area contributed by atoms with Gasteiger partial charge in [-0.15, -0.1) is 0 Å². The molecule has 2 bridgehead atoms. The predicted molar refractivity (Wildman–Crippen MR) is 51.9 cm³/mol. The fourth-order valence-corrected chi connectivity index (χ4v) is 3.28. The highest BCUT2D eigenvalue weighted by Crippen LogP contribution is 2.57. The molecule has 2 aliphatic rings. The highest BCUT2D eigenvalue weighted by atomic mass is 16.5. The normalized spacial score (nSPS) is 31.3. The Morgan fingerprint density at radius 1 is 1.13 bits per heavy atom. The van der Waals surface area contributed by atoms with Gasteiger partial charge in [0.2, 0.25) is 0 Å². The van der Waals surface area contributed by atoms with E-state index >= 15 is 0 Å². The molecule has 2 saturated carbocycles. The fourth-order valence-electron chi connectivity index (χ4n) is 3.28. The van der Waals surface area contributed by atoms with E-state index < -0.39 is 17.4 Å². The molecule has 2 aliphatic carbocycles. The molecule has 84 valence electrons. The number of rotatable bonds is 2. The Balaban J connectivity index is 2.32. The molecule has 0 amide bonds. The molecule has 0 aliphatic heterocycles. The maximum atomic E-state index is 11.8. The first-order valence-corrected chi connectivity index (χ1v) is 5.32. The SMILES string of the molecule is COC(=O)C1(C(=O)OC)CC2CCC1C2. The first-order chi connectivity index (χ1) is 7.15. The van der Waals surface area contributed by atoms with Crippen molar-refractivity contribution in [1.82, 2.24) is 0 Å². The Hall–Kier alpha value is -1.06. The van der Waals surface area contributed by atoms with E-state index in [1.54, 1.807) is 0 Å². The Morgan fingerprint density at radius 2 is 1.73 bits per heavy atom. The van der Waals surface area contributed by atoms with Crippen molar-refractivity contribution in [1.29, 1.82) is 0 Å². The van der Waals surface area contributed by atoms with Crippen molar-refractivity contribution in [2.45, 2.75) is 25.7 Å².